The first-order valence-corrected chi connectivity index (χ1v) is 8.84. The zero-order chi connectivity index (χ0) is 20.9. The molecule has 28 heavy (non-hydrogen) atoms. The molecule has 2 atom stereocenters. The van der Waals surface area contributed by atoms with Gasteiger partial charge in [0.2, 0.25) is 0 Å². The van der Waals surface area contributed by atoms with E-state index >= 15 is 0 Å². The molecular weight excluding hydrogens is 359 g/mol. The first-order valence-electron chi connectivity index (χ1n) is 8.84. The summed E-state index contributed by atoms with van der Waals surface area (Å²) < 4.78 is 15.3. The molecule has 2 unspecified atom stereocenters. The lowest BCUT2D eigenvalue weighted by atomic mass is 9.80. The van der Waals surface area contributed by atoms with Crippen molar-refractivity contribution >= 4 is 30.7 Å². The van der Waals surface area contributed by atoms with Crippen LogP contribution in [-0.4, -0.2) is 63.1 Å². The first kappa shape index (κ1) is 21.9. The van der Waals surface area contributed by atoms with Gasteiger partial charge in [-0.1, -0.05) is 36.4 Å². The topological polar surface area (TPSA) is 85.2 Å². The molecule has 148 valence electrons. The Labute approximate surface area is 166 Å². The maximum atomic E-state index is 12.2. The van der Waals surface area contributed by atoms with Crippen molar-refractivity contribution in [2.24, 2.45) is 0 Å². The Balaban J connectivity index is 0.000000345. The van der Waals surface area contributed by atoms with Crippen LogP contribution in [-0.2, 0) is 9.47 Å². The molecule has 1 aliphatic heterocycles. The van der Waals surface area contributed by atoms with E-state index in [1.54, 1.807) is 13.0 Å². The molecule has 0 bridgehead atoms. The average Bonchev–Trinajstić information content (AvgIpc) is 2.68. The van der Waals surface area contributed by atoms with Gasteiger partial charge in [0.25, 0.3) is 0 Å². The van der Waals surface area contributed by atoms with Crippen LogP contribution in [0.5, 0.6) is 5.75 Å². The zero-order valence-electron chi connectivity index (χ0n) is 16.6. The van der Waals surface area contributed by atoms with E-state index in [1.807, 2.05) is 37.3 Å². The predicted octanol–water partition coefficient (Wildman–Crippen LogP) is 2.21. The standard InChI is InChI=1S/C17H15BO3.C4H10O3/c1-10-11-6-4-5-7-12(11)15-13(14(10)16(19)20-3)8-9-17(2,18)21-15;1-7-3-4(6)2-5/h4-9H,1-3H3;4-6H,2-3H2,1H3. The fraction of sp³-hybridized carbons (Fsp3) is 0.381. The number of rotatable bonds is 4. The molecule has 2 aromatic rings. The summed E-state index contributed by atoms with van der Waals surface area (Å²) in [4.78, 5) is 12.2. The van der Waals surface area contributed by atoms with Crippen molar-refractivity contribution in [1.29, 1.82) is 0 Å². The first-order chi connectivity index (χ1) is 13.3. The van der Waals surface area contributed by atoms with Crippen molar-refractivity contribution in [1.82, 2.24) is 0 Å². The van der Waals surface area contributed by atoms with Gasteiger partial charge in [-0.25, -0.2) is 4.79 Å². The second-order valence-corrected chi connectivity index (χ2v) is 6.69. The van der Waals surface area contributed by atoms with Gasteiger partial charge < -0.3 is 24.4 Å². The number of hydrogen-bond donors (Lipinski definition) is 2. The van der Waals surface area contributed by atoms with Crippen molar-refractivity contribution in [2.45, 2.75) is 25.5 Å². The van der Waals surface area contributed by atoms with E-state index in [2.05, 4.69) is 4.74 Å². The van der Waals surface area contributed by atoms with Crippen LogP contribution in [0.2, 0.25) is 0 Å². The molecule has 6 nitrogen and oxygen atoms in total. The predicted molar refractivity (Wildman–Crippen MR) is 109 cm³/mol. The number of aliphatic hydroxyl groups is 2. The summed E-state index contributed by atoms with van der Waals surface area (Å²) in [6.07, 6.45) is 2.87. The van der Waals surface area contributed by atoms with Gasteiger partial charge in [-0.2, -0.15) is 0 Å². The van der Waals surface area contributed by atoms with Gasteiger partial charge in [0.05, 0.1) is 31.4 Å². The number of benzene rings is 2. The van der Waals surface area contributed by atoms with E-state index < -0.39 is 11.6 Å². The zero-order valence-corrected chi connectivity index (χ0v) is 16.6. The number of methoxy groups -OCH3 is 2. The molecule has 0 aliphatic carbocycles. The van der Waals surface area contributed by atoms with Crippen molar-refractivity contribution in [3.63, 3.8) is 0 Å². The molecule has 0 saturated carbocycles. The van der Waals surface area contributed by atoms with Crippen LogP contribution in [0.1, 0.15) is 28.4 Å². The number of aliphatic hydroxyl groups excluding tert-OH is 2. The molecule has 1 heterocycles. The normalized spacial score (nSPS) is 18.5. The van der Waals surface area contributed by atoms with Crippen molar-refractivity contribution in [2.75, 3.05) is 27.4 Å². The van der Waals surface area contributed by atoms with Crippen molar-refractivity contribution in [3.8, 4) is 5.75 Å². The third kappa shape index (κ3) is 4.73. The van der Waals surface area contributed by atoms with E-state index in [0.29, 0.717) is 11.3 Å². The van der Waals surface area contributed by atoms with Crippen LogP contribution >= 0.6 is 0 Å². The summed E-state index contributed by atoms with van der Waals surface area (Å²) in [6, 6.07) is 7.81. The van der Waals surface area contributed by atoms with Crippen LogP contribution in [0.4, 0.5) is 0 Å². The molecule has 7 heteroatoms. The Hall–Kier alpha value is -2.35. The maximum Gasteiger partial charge on any atom is 0.338 e. The van der Waals surface area contributed by atoms with E-state index in [4.69, 9.17) is 27.5 Å². The third-order valence-electron chi connectivity index (χ3n) is 4.33. The van der Waals surface area contributed by atoms with E-state index in [9.17, 15) is 4.79 Å². The van der Waals surface area contributed by atoms with Crippen LogP contribution in [0.25, 0.3) is 16.8 Å². The number of carbonyl (C=O) groups is 1. The minimum absolute atomic E-state index is 0.205. The van der Waals surface area contributed by atoms with Gasteiger partial charge in [-0.3, -0.25) is 0 Å². The molecular formula is C21H25BO6. The molecule has 2 radical (unpaired) electrons. The lowest BCUT2D eigenvalue weighted by Gasteiger charge is -2.31. The van der Waals surface area contributed by atoms with Crippen LogP contribution in [0.3, 0.4) is 0 Å². The second kappa shape index (κ2) is 9.23. The number of ether oxygens (including phenoxy) is 3. The molecule has 0 aromatic heterocycles. The lowest BCUT2D eigenvalue weighted by molar-refractivity contribution is 0.0254. The number of esters is 1. The summed E-state index contributed by atoms with van der Waals surface area (Å²) in [6.45, 7) is 3.67. The Morgan fingerprint density at radius 1 is 1.29 bits per heavy atom. The van der Waals surface area contributed by atoms with Gasteiger partial charge in [0.1, 0.15) is 19.7 Å². The van der Waals surface area contributed by atoms with Gasteiger partial charge in [-0.15, -0.1) is 0 Å². The quantitative estimate of drug-likeness (QED) is 0.621. The number of carbonyl (C=O) groups excluding carboxylic acids is 1. The summed E-state index contributed by atoms with van der Waals surface area (Å²) in [5.41, 5.74) is 1.24. The molecule has 3 rings (SSSR count). The molecule has 2 N–H and O–H groups in total. The SMILES string of the molecule is COCC(O)CO.[B]C1(C)C=Cc2c(C(=O)OC)c(C)c3ccccc3c2O1. The Kier molecular flexibility index (Phi) is 7.24. The Morgan fingerprint density at radius 2 is 1.93 bits per heavy atom. The van der Waals surface area contributed by atoms with Crippen molar-refractivity contribution < 1.29 is 29.2 Å². The Morgan fingerprint density at radius 3 is 2.46 bits per heavy atom. The minimum Gasteiger partial charge on any atom is -0.492 e. The van der Waals surface area contributed by atoms with Gasteiger partial charge in [-0.05, 0) is 24.8 Å². The number of hydrogen-bond acceptors (Lipinski definition) is 6. The monoisotopic (exact) mass is 384 g/mol. The van der Waals surface area contributed by atoms with Crippen molar-refractivity contribution in [3.05, 3.63) is 47.0 Å². The van der Waals surface area contributed by atoms with Crippen LogP contribution < -0.4 is 4.74 Å². The van der Waals surface area contributed by atoms with Gasteiger partial charge in [0.15, 0.2) is 0 Å². The third-order valence-corrected chi connectivity index (χ3v) is 4.33. The number of aryl methyl sites for hydroxylation is 1. The molecule has 0 amide bonds. The fourth-order valence-corrected chi connectivity index (χ4v) is 2.99. The second-order valence-electron chi connectivity index (χ2n) is 6.69. The highest BCUT2D eigenvalue weighted by atomic mass is 16.5. The molecule has 0 spiro atoms. The summed E-state index contributed by atoms with van der Waals surface area (Å²) in [5.74, 6) is 0.257. The van der Waals surface area contributed by atoms with Crippen LogP contribution in [0, 0.1) is 6.92 Å². The molecule has 1 aliphatic rings. The number of fused-ring (bicyclic) bond motifs is 3. The van der Waals surface area contributed by atoms with Crippen LogP contribution in [0.15, 0.2) is 30.3 Å². The maximum absolute atomic E-state index is 12.2. The molecule has 0 saturated heterocycles. The highest BCUT2D eigenvalue weighted by Gasteiger charge is 2.28. The summed E-state index contributed by atoms with van der Waals surface area (Å²) >= 11 is 0. The average molecular weight is 384 g/mol. The fourth-order valence-electron chi connectivity index (χ4n) is 2.99. The summed E-state index contributed by atoms with van der Waals surface area (Å²) in [5, 5.41) is 18.5. The summed E-state index contributed by atoms with van der Waals surface area (Å²) in [7, 11) is 8.91. The highest BCUT2D eigenvalue weighted by molar-refractivity contribution is 6.17. The molecule has 0 fully saturated rings. The van der Waals surface area contributed by atoms with Gasteiger partial charge in [0, 0.05) is 18.1 Å². The highest BCUT2D eigenvalue weighted by Crippen LogP contribution is 2.41. The largest absolute Gasteiger partial charge is 0.492 e. The molecule has 2 aromatic carbocycles. The minimum atomic E-state index is -0.890. The van der Waals surface area contributed by atoms with E-state index in [-0.39, 0.29) is 19.2 Å². The van der Waals surface area contributed by atoms with E-state index in [0.717, 1.165) is 21.9 Å². The van der Waals surface area contributed by atoms with E-state index in [1.165, 1.54) is 14.2 Å². The lowest BCUT2D eigenvalue weighted by Crippen LogP contribution is -2.32. The van der Waals surface area contributed by atoms with Gasteiger partial charge >= 0.3 is 5.97 Å². The smallest absolute Gasteiger partial charge is 0.338 e. The Bertz CT molecular complexity index is 875.